The molecule has 4 aromatic rings. The summed E-state index contributed by atoms with van der Waals surface area (Å²) < 4.78 is 7.78. The van der Waals surface area contributed by atoms with Crippen LogP contribution in [0.15, 0.2) is 84.0 Å². The van der Waals surface area contributed by atoms with Gasteiger partial charge in [0.2, 0.25) is 11.8 Å². The molecule has 0 aliphatic carbocycles. The van der Waals surface area contributed by atoms with E-state index >= 15 is 0 Å². The number of rotatable bonds is 12. The summed E-state index contributed by atoms with van der Waals surface area (Å²) in [6, 6.07) is 19.4. The van der Waals surface area contributed by atoms with E-state index in [0.29, 0.717) is 29.7 Å². The van der Waals surface area contributed by atoms with Gasteiger partial charge in [-0.25, -0.2) is 9.48 Å². The van der Waals surface area contributed by atoms with E-state index in [1.54, 1.807) is 28.9 Å². The van der Waals surface area contributed by atoms with Gasteiger partial charge in [-0.3, -0.25) is 24.7 Å². The molecule has 1 aliphatic heterocycles. The minimum atomic E-state index is -0.484. The first-order chi connectivity index (χ1) is 24.5. The van der Waals surface area contributed by atoms with Gasteiger partial charge in [-0.05, 0) is 55.2 Å². The van der Waals surface area contributed by atoms with Crippen LogP contribution in [0, 0.1) is 5.92 Å². The van der Waals surface area contributed by atoms with Crippen LogP contribution in [0.3, 0.4) is 0 Å². The van der Waals surface area contributed by atoms with Gasteiger partial charge in [-0.2, -0.15) is 5.10 Å². The highest BCUT2D eigenvalue weighted by Crippen LogP contribution is 2.33. The molecule has 0 radical (unpaired) electrons. The summed E-state index contributed by atoms with van der Waals surface area (Å²) in [6.07, 6.45) is 7.62. The number of aromatic nitrogens is 2. The fourth-order valence-corrected chi connectivity index (χ4v) is 5.48. The first-order valence-electron chi connectivity index (χ1n) is 16.8. The summed E-state index contributed by atoms with van der Waals surface area (Å²) >= 11 is 0. The van der Waals surface area contributed by atoms with Crippen LogP contribution in [-0.4, -0.2) is 78.4 Å². The Bertz CT molecular complexity index is 1940. The van der Waals surface area contributed by atoms with Crippen molar-refractivity contribution in [2.45, 2.75) is 39.0 Å². The number of nitrogens with zero attached hydrogens (tertiary/aromatic N) is 4. The molecule has 0 saturated carbocycles. The Kier molecular flexibility index (Phi) is 11.5. The van der Waals surface area contributed by atoms with Crippen molar-refractivity contribution in [1.82, 2.24) is 25.3 Å². The minimum absolute atomic E-state index is 0.277. The molecule has 0 spiro atoms. The number of anilines is 2. The molecule has 266 valence electrons. The van der Waals surface area contributed by atoms with Crippen LogP contribution >= 0.6 is 0 Å². The second-order valence-corrected chi connectivity index (χ2v) is 13.2. The number of nitrogens with one attached hydrogen (secondary N) is 4. The normalized spacial score (nSPS) is 13.8. The lowest BCUT2D eigenvalue weighted by molar-refractivity contribution is -0.123. The topological polar surface area (TPSA) is 159 Å². The smallest absolute Gasteiger partial charge is 0.324 e. The number of allylic oxidation sites excluding steroid dienone is 1. The third-order valence-electron chi connectivity index (χ3n) is 8.43. The van der Waals surface area contributed by atoms with Crippen LogP contribution in [-0.2, 0) is 15.0 Å². The Labute approximate surface area is 297 Å². The Morgan fingerprint density at radius 2 is 1.59 bits per heavy atom. The SMILES string of the molecule is CNC(=O)CN(CC(=O)NC)C(=O)c1ccc(-n2nc(C(C)(C)C)cc2NC(=O)Nc2ccc(OCCC3C=CN=CC3)c3ccccc23)cc1. The molecular weight excluding hydrogens is 648 g/mol. The van der Waals surface area contributed by atoms with Crippen molar-refractivity contribution >= 4 is 52.2 Å². The molecule has 1 atom stereocenters. The molecule has 0 bridgehead atoms. The molecule has 1 unspecified atom stereocenters. The Morgan fingerprint density at radius 3 is 2.22 bits per heavy atom. The van der Waals surface area contributed by atoms with Crippen molar-refractivity contribution in [3.8, 4) is 11.4 Å². The summed E-state index contributed by atoms with van der Waals surface area (Å²) in [5.74, 6) is 0.272. The molecule has 5 amide bonds. The number of aliphatic imine (C=N–C) groups is 1. The first kappa shape index (κ1) is 36.3. The molecule has 1 aliphatic rings. The highest BCUT2D eigenvalue weighted by atomic mass is 16.5. The predicted molar refractivity (Wildman–Crippen MR) is 199 cm³/mol. The summed E-state index contributed by atoms with van der Waals surface area (Å²) in [5.41, 5.74) is 1.89. The van der Waals surface area contributed by atoms with Gasteiger partial charge < -0.3 is 25.6 Å². The van der Waals surface area contributed by atoms with Crippen molar-refractivity contribution in [1.29, 1.82) is 0 Å². The number of hydrogen-bond acceptors (Lipinski definition) is 7. The minimum Gasteiger partial charge on any atom is -0.493 e. The van der Waals surface area contributed by atoms with Crippen LogP contribution < -0.4 is 26.0 Å². The molecule has 5 rings (SSSR count). The molecule has 4 N–H and O–H groups in total. The van der Waals surface area contributed by atoms with Crippen LogP contribution in [0.4, 0.5) is 16.3 Å². The van der Waals surface area contributed by atoms with E-state index < -0.39 is 23.8 Å². The van der Waals surface area contributed by atoms with Gasteiger partial charge in [0.15, 0.2) is 0 Å². The molecule has 51 heavy (non-hydrogen) atoms. The maximum absolute atomic E-state index is 13.5. The van der Waals surface area contributed by atoms with Gasteiger partial charge in [-0.1, -0.05) is 51.1 Å². The summed E-state index contributed by atoms with van der Waals surface area (Å²) in [4.78, 5) is 56.3. The van der Waals surface area contributed by atoms with Crippen molar-refractivity contribution in [3.05, 3.63) is 90.3 Å². The lowest BCUT2D eigenvalue weighted by Gasteiger charge is -2.21. The molecule has 13 nitrogen and oxygen atoms in total. The number of carbonyl (C=O) groups is 4. The number of fused-ring (bicyclic) bond motifs is 1. The largest absolute Gasteiger partial charge is 0.493 e. The molecular formula is C38H44N8O5. The van der Waals surface area contributed by atoms with Gasteiger partial charge in [0.05, 0.1) is 23.7 Å². The fraction of sp³-hybridized carbons (Fsp3) is 0.316. The third kappa shape index (κ3) is 9.18. The number of likely N-dealkylation sites (N-methyl/N-ethyl adjacent to an activating group) is 2. The first-order valence-corrected chi connectivity index (χ1v) is 16.8. The van der Waals surface area contributed by atoms with E-state index in [4.69, 9.17) is 9.84 Å². The highest BCUT2D eigenvalue weighted by molar-refractivity contribution is 6.07. The van der Waals surface area contributed by atoms with Gasteiger partial charge in [-0.15, -0.1) is 0 Å². The second-order valence-electron chi connectivity index (χ2n) is 13.2. The summed E-state index contributed by atoms with van der Waals surface area (Å²) in [5, 5.41) is 17.4. The van der Waals surface area contributed by atoms with Crippen LogP contribution in [0.5, 0.6) is 5.75 Å². The van der Waals surface area contributed by atoms with E-state index in [1.807, 2.05) is 75.7 Å². The van der Waals surface area contributed by atoms with E-state index in [1.165, 1.54) is 19.0 Å². The van der Waals surface area contributed by atoms with E-state index in [9.17, 15) is 19.2 Å². The predicted octanol–water partition coefficient (Wildman–Crippen LogP) is 5.27. The molecule has 1 aromatic heterocycles. The van der Waals surface area contributed by atoms with Crippen molar-refractivity contribution in [2.24, 2.45) is 10.9 Å². The zero-order valence-electron chi connectivity index (χ0n) is 29.5. The Hall–Kier alpha value is -5.98. The fourth-order valence-electron chi connectivity index (χ4n) is 5.48. The monoisotopic (exact) mass is 692 g/mol. The Morgan fingerprint density at radius 1 is 0.902 bits per heavy atom. The van der Waals surface area contributed by atoms with Gasteiger partial charge >= 0.3 is 6.03 Å². The highest BCUT2D eigenvalue weighted by Gasteiger charge is 2.24. The second kappa shape index (κ2) is 16.2. The number of ether oxygens (including phenoxy) is 1. The van der Waals surface area contributed by atoms with Crippen molar-refractivity contribution in [3.63, 3.8) is 0 Å². The molecule has 3 aromatic carbocycles. The van der Waals surface area contributed by atoms with Crippen LogP contribution in [0.1, 0.15) is 49.7 Å². The van der Waals surface area contributed by atoms with E-state index in [2.05, 4.69) is 32.3 Å². The average molecular weight is 693 g/mol. The van der Waals surface area contributed by atoms with Gasteiger partial charge in [0.25, 0.3) is 5.91 Å². The van der Waals surface area contributed by atoms with E-state index in [0.717, 1.165) is 35.1 Å². The van der Waals surface area contributed by atoms with Crippen LogP contribution in [0.2, 0.25) is 0 Å². The summed E-state index contributed by atoms with van der Waals surface area (Å²) in [7, 11) is 2.92. The standard InChI is InChI=1S/C38H44N8O5/c1-38(2,3)32-22-33(46(44-32)27-12-10-26(11-13-27)36(49)45(23-34(47)39-4)24-35(48)40-5)43-37(50)42-30-14-15-31(29-9-7-6-8-28(29)30)51-21-18-25-16-19-41-20-17-25/h6-16,19-20,22,25H,17-18,21,23-24H2,1-5H3,(H,39,47)(H,40,48)(H2,42,43,50). The lowest BCUT2D eigenvalue weighted by atomic mass is 9.92. The van der Waals surface area contributed by atoms with Crippen molar-refractivity contribution in [2.75, 3.05) is 44.4 Å². The molecule has 13 heteroatoms. The zero-order chi connectivity index (χ0) is 36.5. The number of benzene rings is 3. The average Bonchev–Trinajstić information content (AvgIpc) is 3.56. The number of hydrogen-bond donors (Lipinski definition) is 4. The Balaban J connectivity index is 1.34. The summed E-state index contributed by atoms with van der Waals surface area (Å²) in [6.45, 7) is 6.07. The zero-order valence-corrected chi connectivity index (χ0v) is 29.5. The third-order valence-corrected chi connectivity index (χ3v) is 8.43. The van der Waals surface area contributed by atoms with E-state index in [-0.39, 0.29) is 24.1 Å². The lowest BCUT2D eigenvalue weighted by Crippen LogP contribution is -2.44. The molecule has 0 saturated heterocycles. The number of carbonyl (C=O) groups excluding carboxylic acids is 4. The number of amides is 5. The van der Waals surface area contributed by atoms with Crippen LogP contribution in [0.25, 0.3) is 16.5 Å². The van der Waals surface area contributed by atoms with Gasteiger partial charge in [0.1, 0.15) is 24.7 Å². The van der Waals surface area contributed by atoms with Crippen molar-refractivity contribution < 1.29 is 23.9 Å². The maximum Gasteiger partial charge on any atom is 0.324 e. The molecule has 0 fully saturated rings. The van der Waals surface area contributed by atoms with Gasteiger partial charge in [0, 0.05) is 54.3 Å². The quantitative estimate of drug-likeness (QED) is 0.158. The molecule has 2 heterocycles. The number of urea groups is 1. The maximum atomic E-state index is 13.5.